The Bertz CT molecular complexity index is 903. The van der Waals surface area contributed by atoms with Crippen LogP contribution in [0.25, 0.3) is 16.7 Å². The molecule has 0 amide bonds. The van der Waals surface area contributed by atoms with Crippen molar-refractivity contribution in [2.75, 3.05) is 6.61 Å². The summed E-state index contributed by atoms with van der Waals surface area (Å²) >= 11 is 1.62. The van der Waals surface area contributed by atoms with Gasteiger partial charge in [-0.3, -0.25) is 14.3 Å². The van der Waals surface area contributed by atoms with Crippen LogP contribution in [0.1, 0.15) is 26.2 Å². The zero-order valence-electron chi connectivity index (χ0n) is 14.0. The maximum absolute atomic E-state index is 12.4. The number of carbonyl (C=O) groups is 1. The molecule has 1 aliphatic carbocycles. The van der Waals surface area contributed by atoms with Crippen LogP contribution in [0.15, 0.2) is 53.9 Å². The monoisotopic (exact) mass is 353 g/mol. The summed E-state index contributed by atoms with van der Waals surface area (Å²) in [5, 5.41) is 1.05. The lowest BCUT2D eigenvalue weighted by molar-refractivity contribution is -0.148. The van der Waals surface area contributed by atoms with Gasteiger partial charge >= 0.3 is 5.97 Å². The van der Waals surface area contributed by atoms with Crippen LogP contribution in [0.4, 0.5) is 0 Å². The molecule has 0 radical (unpaired) electrons. The normalized spacial score (nSPS) is 15.7. The number of ether oxygens (including phenoxy) is 1. The van der Waals surface area contributed by atoms with Gasteiger partial charge in [0.15, 0.2) is 0 Å². The molecule has 0 atom stereocenters. The number of fused-ring (bicyclic) bond motifs is 1. The first-order chi connectivity index (χ1) is 12.2. The van der Waals surface area contributed by atoms with Crippen molar-refractivity contribution >= 4 is 28.8 Å². The van der Waals surface area contributed by atoms with E-state index >= 15 is 0 Å². The quantitative estimate of drug-likeness (QED) is 0.649. The van der Waals surface area contributed by atoms with Crippen LogP contribution in [0.3, 0.4) is 0 Å². The highest BCUT2D eigenvalue weighted by molar-refractivity contribution is 8.01. The number of aromatic nitrogens is 3. The van der Waals surface area contributed by atoms with Crippen molar-refractivity contribution in [3.8, 4) is 5.69 Å². The maximum atomic E-state index is 12.4. The Morgan fingerprint density at radius 3 is 2.88 bits per heavy atom. The molecular weight excluding hydrogens is 334 g/mol. The number of pyridine rings is 2. The Morgan fingerprint density at radius 1 is 1.32 bits per heavy atom. The molecular formula is C19H19N3O2S. The molecule has 5 nitrogen and oxygen atoms in total. The molecule has 0 bridgehead atoms. The van der Waals surface area contributed by atoms with E-state index in [-0.39, 0.29) is 5.97 Å². The van der Waals surface area contributed by atoms with Crippen molar-refractivity contribution < 1.29 is 9.53 Å². The van der Waals surface area contributed by atoms with Crippen LogP contribution in [-0.2, 0) is 9.53 Å². The molecule has 3 aromatic rings. The standard InChI is InChI=1S/C19H19N3O2S/c1-2-24-18(23)19(8-4-9-19)25-16-6-11-21-17-15(16)7-12-22(17)14-5-3-10-20-13-14/h3,5-7,10-13H,2,4,8-9H2,1H3. The van der Waals surface area contributed by atoms with Gasteiger partial charge in [0.25, 0.3) is 0 Å². The third kappa shape index (κ3) is 2.80. The second kappa shape index (κ2) is 6.52. The van der Waals surface area contributed by atoms with E-state index in [2.05, 4.69) is 16.0 Å². The van der Waals surface area contributed by atoms with Crippen molar-refractivity contribution in [2.24, 2.45) is 0 Å². The number of thioether (sulfide) groups is 1. The van der Waals surface area contributed by atoms with Crippen LogP contribution in [0, 0.1) is 0 Å². The Hall–Kier alpha value is -2.34. The summed E-state index contributed by atoms with van der Waals surface area (Å²) in [4.78, 5) is 22.2. The molecule has 0 aromatic carbocycles. The van der Waals surface area contributed by atoms with Gasteiger partial charge in [-0.2, -0.15) is 0 Å². The van der Waals surface area contributed by atoms with Gasteiger partial charge in [-0.15, -0.1) is 11.8 Å². The highest BCUT2D eigenvalue weighted by atomic mass is 32.2. The predicted molar refractivity (Wildman–Crippen MR) is 97.9 cm³/mol. The molecule has 25 heavy (non-hydrogen) atoms. The third-order valence-electron chi connectivity index (χ3n) is 4.59. The fourth-order valence-electron chi connectivity index (χ4n) is 3.13. The second-order valence-electron chi connectivity index (χ2n) is 6.11. The highest BCUT2D eigenvalue weighted by Crippen LogP contribution is 2.49. The fourth-order valence-corrected chi connectivity index (χ4v) is 4.58. The van der Waals surface area contributed by atoms with Crippen molar-refractivity contribution in [2.45, 2.75) is 35.8 Å². The summed E-state index contributed by atoms with van der Waals surface area (Å²) in [6, 6.07) is 7.94. The Morgan fingerprint density at radius 2 is 2.20 bits per heavy atom. The van der Waals surface area contributed by atoms with Gasteiger partial charge < -0.3 is 4.74 Å². The minimum Gasteiger partial charge on any atom is -0.465 e. The number of hydrogen-bond acceptors (Lipinski definition) is 5. The summed E-state index contributed by atoms with van der Waals surface area (Å²) in [6.07, 6.45) is 10.2. The summed E-state index contributed by atoms with van der Waals surface area (Å²) < 4.78 is 6.89. The van der Waals surface area contributed by atoms with Gasteiger partial charge in [0.2, 0.25) is 0 Å². The first-order valence-electron chi connectivity index (χ1n) is 8.46. The van der Waals surface area contributed by atoms with Gasteiger partial charge in [-0.25, -0.2) is 4.98 Å². The lowest BCUT2D eigenvalue weighted by Gasteiger charge is -2.38. The number of rotatable bonds is 5. The topological polar surface area (TPSA) is 57.0 Å². The fraction of sp³-hybridized carbons (Fsp3) is 0.316. The zero-order valence-corrected chi connectivity index (χ0v) is 14.8. The van der Waals surface area contributed by atoms with Crippen LogP contribution >= 0.6 is 11.8 Å². The number of carbonyl (C=O) groups excluding carboxylic acids is 1. The van der Waals surface area contributed by atoms with Gasteiger partial charge in [-0.05, 0) is 50.5 Å². The minimum absolute atomic E-state index is 0.0945. The SMILES string of the molecule is CCOC(=O)C1(Sc2ccnc3c2ccn3-c2cccnc2)CCC1. The summed E-state index contributed by atoms with van der Waals surface area (Å²) in [7, 11) is 0. The van der Waals surface area contributed by atoms with Crippen molar-refractivity contribution in [1.29, 1.82) is 0 Å². The number of hydrogen-bond donors (Lipinski definition) is 0. The Balaban J connectivity index is 1.72. The van der Waals surface area contributed by atoms with E-state index in [1.165, 1.54) is 0 Å². The Kier molecular flexibility index (Phi) is 4.21. The molecule has 0 saturated heterocycles. The first-order valence-corrected chi connectivity index (χ1v) is 9.28. The molecule has 4 rings (SSSR count). The van der Waals surface area contributed by atoms with Gasteiger partial charge in [0.1, 0.15) is 10.4 Å². The largest absolute Gasteiger partial charge is 0.465 e. The number of esters is 1. The van der Waals surface area contributed by atoms with Crippen molar-refractivity contribution in [3.05, 3.63) is 49.1 Å². The molecule has 1 aliphatic rings. The molecule has 3 aromatic heterocycles. The van der Waals surface area contributed by atoms with E-state index in [1.54, 1.807) is 24.2 Å². The van der Waals surface area contributed by atoms with Crippen LogP contribution in [0.5, 0.6) is 0 Å². The molecule has 1 fully saturated rings. The average molecular weight is 353 g/mol. The summed E-state index contributed by atoms with van der Waals surface area (Å²) in [6.45, 7) is 2.28. The molecule has 1 saturated carbocycles. The molecule has 3 heterocycles. The average Bonchev–Trinajstić information content (AvgIpc) is 3.04. The van der Waals surface area contributed by atoms with Crippen molar-refractivity contribution in [3.63, 3.8) is 0 Å². The van der Waals surface area contributed by atoms with Crippen LogP contribution < -0.4 is 0 Å². The third-order valence-corrected chi connectivity index (χ3v) is 6.13. The minimum atomic E-state index is -0.444. The molecule has 0 spiro atoms. The van der Waals surface area contributed by atoms with Gasteiger partial charge in [-0.1, -0.05) is 0 Å². The Labute approximate surface area is 150 Å². The zero-order chi connectivity index (χ0) is 17.3. The molecule has 6 heteroatoms. The van der Waals surface area contributed by atoms with Crippen molar-refractivity contribution in [1.82, 2.24) is 14.5 Å². The van der Waals surface area contributed by atoms with E-state index in [1.807, 2.05) is 42.1 Å². The van der Waals surface area contributed by atoms with Gasteiger partial charge in [0.05, 0.1) is 18.5 Å². The van der Waals surface area contributed by atoms with E-state index in [0.29, 0.717) is 6.61 Å². The summed E-state index contributed by atoms with van der Waals surface area (Å²) in [5.74, 6) is -0.0945. The highest BCUT2D eigenvalue weighted by Gasteiger charge is 2.46. The number of nitrogens with zero attached hydrogens (tertiary/aromatic N) is 3. The summed E-state index contributed by atoms with van der Waals surface area (Å²) in [5.41, 5.74) is 1.84. The van der Waals surface area contributed by atoms with Crippen LogP contribution in [0.2, 0.25) is 0 Å². The lowest BCUT2D eigenvalue weighted by atomic mass is 9.84. The van der Waals surface area contributed by atoms with Crippen LogP contribution in [-0.4, -0.2) is 31.9 Å². The second-order valence-corrected chi connectivity index (χ2v) is 7.54. The molecule has 0 unspecified atom stereocenters. The van der Waals surface area contributed by atoms with E-state index in [4.69, 9.17) is 4.74 Å². The lowest BCUT2D eigenvalue weighted by Crippen LogP contribution is -2.43. The maximum Gasteiger partial charge on any atom is 0.322 e. The molecule has 0 N–H and O–H groups in total. The first kappa shape index (κ1) is 16.1. The molecule has 0 aliphatic heterocycles. The molecule has 128 valence electrons. The predicted octanol–water partition coefficient (Wildman–Crippen LogP) is 4.00. The van der Waals surface area contributed by atoms with Gasteiger partial charge in [0, 0.05) is 28.9 Å². The van der Waals surface area contributed by atoms with E-state index in [9.17, 15) is 4.79 Å². The smallest absolute Gasteiger partial charge is 0.322 e. The van der Waals surface area contributed by atoms with E-state index < -0.39 is 4.75 Å². The van der Waals surface area contributed by atoms with E-state index in [0.717, 1.165) is 40.9 Å².